The number of halogens is 1. The van der Waals surface area contributed by atoms with Gasteiger partial charge in [-0.3, -0.25) is 10.7 Å². The molecule has 0 aliphatic carbocycles. The molecule has 0 radical (unpaired) electrons. The Kier molecular flexibility index (Phi) is 3.60. The van der Waals surface area contributed by atoms with Crippen LogP contribution in [0, 0.1) is 3.57 Å². The minimum Gasteiger partial charge on any atom is -0.378 e. The molecule has 15 heavy (non-hydrogen) atoms. The maximum atomic E-state index is 8.83. The Morgan fingerprint density at radius 2 is 2.13 bits per heavy atom. The van der Waals surface area contributed by atoms with Crippen molar-refractivity contribution >= 4 is 34.2 Å². The quantitative estimate of drug-likeness (QED) is 0.636. The molecule has 0 amide bonds. The van der Waals surface area contributed by atoms with Crippen molar-refractivity contribution in [2.24, 2.45) is 0 Å². The third-order valence-corrected chi connectivity index (χ3v) is 2.85. The highest BCUT2D eigenvalue weighted by Crippen LogP contribution is 2.19. The second kappa shape index (κ2) is 4.95. The Labute approximate surface area is 102 Å². The smallest absolute Gasteiger partial charge is 0.152 e. The van der Waals surface area contributed by atoms with Crippen molar-refractivity contribution in [3.05, 3.63) is 15.7 Å². The fourth-order valence-corrected chi connectivity index (χ4v) is 2.07. The maximum Gasteiger partial charge on any atom is 0.152 e. The van der Waals surface area contributed by atoms with E-state index >= 15 is 0 Å². The molecular weight excluding hydrogens is 309 g/mol. The predicted molar refractivity (Wildman–Crippen MR) is 65.4 cm³/mol. The van der Waals surface area contributed by atoms with Crippen LogP contribution in [0.5, 0.6) is 0 Å². The molecule has 1 saturated heterocycles. The first-order valence-corrected chi connectivity index (χ1v) is 5.78. The van der Waals surface area contributed by atoms with Gasteiger partial charge in [-0.25, -0.2) is 4.98 Å². The van der Waals surface area contributed by atoms with Gasteiger partial charge in [-0.2, -0.15) is 0 Å². The average Bonchev–Trinajstić information content (AvgIpc) is 2.29. The molecule has 2 heterocycles. The van der Waals surface area contributed by atoms with Gasteiger partial charge in [-0.1, -0.05) is 0 Å². The lowest BCUT2D eigenvalue weighted by molar-refractivity contribution is 0.122. The SMILES string of the molecule is ONc1cc(I)cc(N2CCOCC2)n1. The number of morpholine rings is 1. The normalized spacial score (nSPS) is 16.5. The van der Waals surface area contributed by atoms with Crippen molar-refractivity contribution in [2.45, 2.75) is 0 Å². The first-order chi connectivity index (χ1) is 7.29. The van der Waals surface area contributed by atoms with Crippen LogP contribution >= 0.6 is 22.6 Å². The van der Waals surface area contributed by atoms with Crippen molar-refractivity contribution in [1.82, 2.24) is 4.98 Å². The van der Waals surface area contributed by atoms with Crippen LogP contribution in [0.1, 0.15) is 0 Å². The molecule has 0 saturated carbocycles. The number of ether oxygens (including phenoxy) is 1. The predicted octanol–water partition coefficient (Wildman–Crippen LogP) is 1.32. The van der Waals surface area contributed by atoms with Gasteiger partial charge < -0.3 is 9.64 Å². The lowest BCUT2D eigenvalue weighted by atomic mass is 10.3. The maximum absolute atomic E-state index is 8.83. The summed E-state index contributed by atoms with van der Waals surface area (Å²) in [7, 11) is 0. The van der Waals surface area contributed by atoms with Gasteiger partial charge in [-0.15, -0.1) is 0 Å². The van der Waals surface area contributed by atoms with Crippen LogP contribution in [0.2, 0.25) is 0 Å². The zero-order valence-corrected chi connectivity index (χ0v) is 10.3. The Hall–Kier alpha value is -0.600. The molecule has 0 aromatic carbocycles. The summed E-state index contributed by atoms with van der Waals surface area (Å²) in [5.41, 5.74) is 2.07. The zero-order chi connectivity index (χ0) is 10.7. The summed E-state index contributed by atoms with van der Waals surface area (Å²) in [5, 5.41) is 8.83. The van der Waals surface area contributed by atoms with E-state index in [1.54, 1.807) is 6.07 Å². The van der Waals surface area contributed by atoms with Gasteiger partial charge in [0, 0.05) is 16.7 Å². The van der Waals surface area contributed by atoms with E-state index in [2.05, 4.69) is 38.0 Å². The number of nitrogens with zero attached hydrogens (tertiary/aromatic N) is 2. The van der Waals surface area contributed by atoms with E-state index in [4.69, 9.17) is 9.94 Å². The van der Waals surface area contributed by atoms with Crippen LogP contribution < -0.4 is 10.4 Å². The first-order valence-electron chi connectivity index (χ1n) is 4.70. The highest BCUT2D eigenvalue weighted by atomic mass is 127. The Balaban J connectivity index is 2.22. The molecule has 1 aromatic rings. The van der Waals surface area contributed by atoms with Crippen LogP contribution in [0.3, 0.4) is 0 Å². The Morgan fingerprint density at radius 1 is 1.40 bits per heavy atom. The third-order valence-electron chi connectivity index (χ3n) is 2.23. The minimum absolute atomic E-state index is 0.475. The number of hydrogen-bond acceptors (Lipinski definition) is 5. The number of hydrogen-bond donors (Lipinski definition) is 2. The van der Waals surface area contributed by atoms with Crippen molar-refractivity contribution < 1.29 is 9.94 Å². The highest BCUT2D eigenvalue weighted by molar-refractivity contribution is 14.1. The molecule has 0 unspecified atom stereocenters. The second-order valence-corrected chi connectivity index (χ2v) is 4.49. The highest BCUT2D eigenvalue weighted by Gasteiger charge is 2.13. The van der Waals surface area contributed by atoms with E-state index in [9.17, 15) is 0 Å². The number of aromatic nitrogens is 1. The average molecular weight is 321 g/mol. The lowest BCUT2D eigenvalue weighted by Crippen LogP contribution is -2.36. The standard InChI is InChI=1S/C9H12IN3O2/c10-7-5-8(12-14)11-9(6-7)13-1-3-15-4-2-13/h5-6,14H,1-4H2,(H,11,12). The van der Waals surface area contributed by atoms with Gasteiger partial charge in [0.05, 0.1) is 13.2 Å². The number of anilines is 2. The summed E-state index contributed by atoms with van der Waals surface area (Å²) in [5.74, 6) is 1.35. The van der Waals surface area contributed by atoms with Gasteiger partial charge in [0.2, 0.25) is 0 Å². The number of nitrogens with one attached hydrogen (secondary N) is 1. The molecule has 2 N–H and O–H groups in total. The molecule has 5 nitrogen and oxygen atoms in total. The monoisotopic (exact) mass is 321 g/mol. The molecule has 0 atom stereocenters. The van der Waals surface area contributed by atoms with Gasteiger partial charge in [0.15, 0.2) is 5.82 Å². The summed E-state index contributed by atoms with van der Waals surface area (Å²) in [6, 6.07) is 3.78. The summed E-state index contributed by atoms with van der Waals surface area (Å²) < 4.78 is 6.31. The van der Waals surface area contributed by atoms with Crippen LogP contribution in [0.4, 0.5) is 11.6 Å². The van der Waals surface area contributed by atoms with E-state index in [0.717, 1.165) is 35.7 Å². The van der Waals surface area contributed by atoms with E-state index in [0.29, 0.717) is 5.82 Å². The van der Waals surface area contributed by atoms with Crippen molar-refractivity contribution in [2.75, 3.05) is 36.7 Å². The Bertz CT molecular complexity index is 342. The van der Waals surface area contributed by atoms with E-state index < -0.39 is 0 Å². The fourth-order valence-electron chi connectivity index (χ4n) is 1.50. The molecular formula is C9H12IN3O2. The van der Waals surface area contributed by atoms with Crippen molar-refractivity contribution in [1.29, 1.82) is 0 Å². The summed E-state index contributed by atoms with van der Waals surface area (Å²) in [6.07, 6.45) is 0. The molecule has 0 spiro atoms. The van der Waals surface area contributed by atoms with Crippen molar-refractivity contribution in [3.8, 4) is 0 Å². The second-order valence-electron chi connectivity index (χ2n) is 3.24. The van der Waals surface area contributed by atoms with Gasteiger partial charge in [-0.05, 0) is 34.7 Å². The topological polar surface area (TPSA) is 57.6 Å². The molecule has 6 heteroatoms. The summed E-state index contributed by atoms with van der Waals surface area (Å²) in [4.78, 5) is 6.43. The fraction of sp³-hybridized carbons (Fsp3) is 0.444. The molecule has 1 aliphatic heterocycles. The van der Waals surface area contributed by atoms with Crippen LogP contribution in [0.25, 0.3) is 0 Å². The van der Waals surface area contributed by atoms with Crippen molar-refractivity contribution in [3.63, 3.8) is 0 Å². The molecule has 1 aliphatic rings. The van der Waals surface area contributed by atoms with Gasteiger partial charge >= 0.3 is 0 Å². The van der Waals surface area contributed by atoms with Gasteiger partial charge in [0.1, 0.15) is 5.82 Å². The largest absolute Gasteiger partial charge is 0.378 e. The summed E-state index contributed by atoms with van der Waals surface area (Å²) >= 11 is 2.20. The summed E-state index contributed by atoms with van der Waals surface area (Å²) in [6.45, 7) is 3.15. The van der Waals surface area contributed by atoms with Crippen LogP contribution in [0.15, 0.2) is 12.1 Å². The number of pyridine rings is 1. The van der Waals surface area contributed by atoms with Crippen LogP contribution in [-0.4, -0.2) is 36.5 Å². The molecule has 82 valence electrons. The zero-order valence-electron chi connectivity index (χ0n) is 8.11. The molecule has 2 rings (SSSR count). The minimum atomic E-state index is 0.475. The molecule has 0 bridgehead atoms. The van der Waals surface area contributed by atoms with E-state index in [1.807, 2.05) is 6.07 Å². The van der Waals surface area contributed by atoms with E-state index in [1.165, 1.54) is 0 Å². The molecule has 1 aromatic heterocycles. The van der Waals surface area contributed by atoms with Gasteiger partial charge in [0.25, 0.3) is 0 Å². The third kappa shape index (κ3) is 2.70. The van der Waals surface area contributed by atoms with E-state index in [-0.39, 0.29) is 0 Å². The lowest BCUT2D eigenvalue weighted by Gasteiger charge is -2.28. The molecule has 1 fully saturated rings. The van der Waals surface area contributed by atoms with Crippen LogP contribution in [-0.2, 0) is 4.74 Å². The Morgan fingerprint density at radius 3 is 2.80 bits per heavy atom. The number of rotatable bonds is 2. The first kappa shape index (κ1) is 10.9.